The van der Waals surface area contributed by atoms with E-state index in [-0.39, 0.29) is 23.8 Å². The van der Waals surface area contributed by atoms with Gasteiger partial charge in [0.2, 0.25) is 5.91 Å². The van der Waals surface area contributed by atoms with Crippen molar-refractivity contribution in [1.82, 2.24) is 4.90 Å². The fraction of sp³-hybridized carbons (Fsp3) is 0.750. The Balaban J connectivity index is 4.36. The Morgan fingerprint density at radius 3 is 2.06 bits per heavy atom. The molecule has 0 aliphatic heterocycles. The van der Waals surface area contributed by atoms with Gasteiger partial charge in [-0.05, 0) is 47.6 Å². The van der Waals surface area contributed by atoms with Crippen LogP contribution in [0.2, 0.25) is 0 Å². The van der Waals surface area contributed by atoms with Gasteiger partial charge in [-0.25, -0.2) is 9.78 Å². The van der Waals surface area contributed by atoms with E-state index >= 15 is 0 Å². The van der Waals surface area contributed by atoms with Crippen molar-refractivity contribution in [3.8, 4) is 0 Å². The molecular formula is C12H23NO3. The van der Waals surface area contributed by atoms with Crippen LogP contribution in [-0.2, 0) is 14.6 Å². The lowest BCUT2D eigenvalue weighted by Gasteiger charge is -2.34. The van der Waals surface area contributed by atoms with Crippen LogP contribution in [0.4, 0.5) is 0 Å². The van der Waals surface area contributed by atoms with E-state index in [1.54, 1.807) is 4.90 Å². The SMILES string of the molecule is C=CC(=O)N(COOC(C)(C)C)C(C)(C)C. The van der Waals surface area contributed by atoms with E-state index in [2.05, 4.69) is 6.58 Å². The molecule has 0 atom stereocenters. The third-order valence-electron chi connectivity index (χ3n) is 1.74. The van der Waals surface area contributed by atoms with Crippen LogP contribution in [-0.4, -0.2) is 28.7 Å². The molecule has 0 bridgehead atoms. The molecule has 1 amide bonds. The van der Waals surface area contributed by atoms with Crippen LogP contribution < -0.4 is 0 Å². The molecule has 94 valence electrons. The lowest BCUT2D eigenvalue weighted by atomic mass is 10.1. The monoisotopic (exact) mass is 229 g/mol. The standard InChI is InChI=1S/C12H23NO3/c1-8-10(14)13(11(2,3)4)9-15-16-12(5,6)7/h8H,1,9H2,2-7H3. The maximum Gasteiger partial charge on any atom is 0.248 e. The van der Waals surface area contributed by atoms with Crippen LogP contribution in [0.15, 0.2) is 12.7 Å². The number of hydrogen-bond acceptors (Lipinski definition) is 3. The minimum absolute atomic E-state index is 0.0889. The lowest BCUT2D eigenvalue weighted by Crippen LogP contribution is -2.46. The summed E-state index contributed by atoms with van der Waals surface area (Å²) in [7, 11) is 0. The molecule has 0 aromatic heterocycles. The maximum absolute atomic E-state index is 11.6. The average molecular weight is 229 g/mol. The minimum Gasteiger partial charge on any atom is -0.308 e. The molecule has 0 aliphatic rings. The van der Waals surface area contributed by atoms with Crippen molar-refractivity contribution >= 4 is 5.91 Å². The summed E-state index contributed by atoms with van der Waals surface area (Å²) < 4.78 is 0. The van der Waals surface area contributed by atoms with Gasteiger partial charge in [-0.2, -0.15) is 0 Å². The molecule has 4 heteroatoms. The van der Waals surface area contributed by atoms with Crippen molar-refractivity contribution < 1.29 is 14.6 Å². The molecule has 0 saturated heterocycles. The van der Waals surface area contributed by atoms with Crippen LogP contribution in [0.3, 0.4) is 0 Å². The highest BCUT2D eigenvalue weighted by atomic mass is 17.2. The average Bonchev–Trinajstić information content (AvgIpc) is 2.07. The summed E-state index contributed by atoms with van der Waals surface area (Å²) in [5.74, 6) is -0.176. The zero-order chi connectivity index (χ0) is 13.0. The number of hydrogen-bond donors (Lipinski definition) is 0. The molecule has 0 aromatic carbocycles. The second-order valence-electron chi connectivity index (χ2n) is 5.58. The molecule has 0 aliphatic carbocycles. The van der Waals surface area contributed by atoms with Gasteiger partial charge in [0.25, 0.3) is 0 Å². The van der Waals surface area contributed by atoms with Crippen LogP contribution in [0.5, 0.6) is 0 Å². The topological polar surface area (TPSA) is 38.8 Å². The summed E-state index contributed by atoms with van der Waals surface area (Å²) in [4.78, 5) is 23.3. The molecule has 0 N–H and O–H groups in total. The molecule has 0 heterocycles. The van der Waals surface area contributed by atoms with Gasteiger partial charge in [-0.15, -0.1) is 0 Å². The molecule has 0 fully saturated rings. The number of rotatable bonds is 4. The van der Waals surface area contributed by atoms with E-state index in [1.807, 2.05) is 41.5 Å². The van der Waals surface area contributed by atoms with Crippen LogP contribution in [0.1, 0.15) is 41.5 Å². The van der Waals surface area contributed by atoms with Crippen LogP contribution in [0.25, 0.3) is 0 Å². The molecule has 0 radical (unpaired) electrons. The normalized spacial score (nSPS) is 12.4. The van der Waals surface area contributed by atoms with Crippen molar-refractivity contribution in [2.45, 2.75) is 52.7 Å². The smallest absolute Gasteiger partial charge is 0.248 e. The Labute approximate surface area is 98.1 Å². The van der Waals surface area contributed by atoms with Crippen LogP contribution in [0, 0.1) is 0 Å². The van der Waals surface area contributed by atoms with E-state index in [0.717, 1.165) is 0 Å². The van der Waals surface area contributed by atoms with E-state index in [9.17, 15) is 4.79 Å². The summed E-state index contributed by atoms with van der Waals surface area (Å²) in [6.45, 7) is 15.0. The molecule has 0 spiro atoms. The minimum atomic E-state index is -0.388. The Kier molecular flexibility index (Phi) is 5.16. The highest BCUT2D eigenvalue weighted by molar-refractivity contribution is 5.87. The first kappa shape index (κ1) is 15.1. The van der Waals surface area contributed by atoms with E-state index in [0.29, 0.717) is 0 Å². The number of amides is 1. The maximum atomic E-state index is 11.6. The van der Waals surface area contributed by atoms with Gasteiger partial charge >= 0.3 is 0 Å². The van der Waals surface area contributed by atoms with Crippen LogP contribution >= 0.6 is 0 Å². The third-order valence-corrected chi connectivity index (χ3v) is 1.74. The summed E-state index contributed by atoms with van der Waals surface area (Å²) >= 11 is 0. The zero-order valence-corrected chi connectivity index (χ0v) is 11.2. The van der Waals surface area contributed by atoms with Gasteiger partial charge in [0.05, 0.1) is 5.60 Å². The second-order valence-corrected chi connectivity index (χ2v) is 5.58. The summed E-state index contributed by atoms with van der Waals surface area (Å²) in [5.41, 5.74) is -0.715. The van der Waals surface area contributed by atoms with Gasteiger partial charge in [-0.3, -0.25) is 4.79 Å². The Morgan fingerprint density at radius 2 is 1.75 bits per heavy atom. The number of carbonyl (C=O) groups excluding carboxylic acids is 1. The Bertz CT molecular complexity index is 248. The van der Waals surface area contributed by atoms with E-state index in [1.165, 1.54) is 6.08 Å². The molecule has 0 aromatic rings. The van der Waals surface area contributed by atoms with Crippen molar-refractivity contribution in [3.63, 3.8) is 0 Å². The summed E-state index contributed by atoms with van der Waals surface area (Å²) in [6.07, 6.45) is 1.27. The molecule has 4 nitrogen and oxygen atoms in total. The fourth-order valence-electron chi connectivity index (χ4n) is 0.954. The lowest BCUT2D eigenvalue weighted by molar-refractivity contribution is -0.365. The molecule has 0 saturated carbocycles. The first-order valence-electron chi connectivity index (χ1n) is 5.32. The molecule has 16 heavy (non-hydrogen) atoms. The molecular weight excluding hydrogens is 206 g/mol. The largest absolute Gasteiger partial charge is 0.308 e. The highest BCUT2D eigenvalue weighted by Gasteiger charge is 2.25. The first-order chi connectivity index (χ1) is 7.08. The van der Waals surface area contributed by atoms with Crippen molar-refractivity contribution in [3.05, 3.63) is 12.7 Å². The summed E-state index contributed by atoms with van der Waals surface area (Å²) in [5, 5.41) is 0. The van der Waals surface area contributed by atoms with Crippen molar-refractivity contribution in [1.29, 1.82) is 0 Å². The molecule has 0 rings (SSSR count). The van der Waals surface area contributed by atoms with Crippen molar-refractivity contribution in [2.75, 3.05) is 6.73 Å². The predicted molar refractivity (Wildman–Crippen MR) is 63.6 cm³/mol. The Hall–Kier alpha value is -0.870. The molecule has 0 unspecified atom stereocenters. The van der Waals surface area contributed by atoms with Crippen molar-refractivity contribution in [2.24, 2.45) is 0 Å². The zero-order valence-electron chi connectivity index (χ0n) is 11.2. The van der Waals surface area contributed by atoms with E-state index < -0.39 is 0 Å². The fourth-order valence-corrected chi connectivity index (χ4v) is 0.954. The Morgan fingerprint density at radius 1 is 1.25 bits per heavy atom. The van der Waals surface area contributed by atoms with Gasteiger partial charge in [0, 0.05) is 5.54 Å². The summed E-state index contributed by atoms with van der Waals surface area (Å²) in [6, 6.07) is 0. The van der Waals surface area contributed by atoms with Gasteiger partial charge in [0.1, 0.15) is 0 Å². The second kappa shape index (κ2) is 5.46. The first-order valence-corrected chi connectivity index (χ1v) is 5.32. The highest BCUT2D eigenvalue weighted by Crippen LogP contribution is 2.15. The van der Waals surface area contributed by atoms with Gasteiger partial charge < -0.3 is 4.90 Å². The number of carbonyl (C=O) groups is 1. The van der Waals surface area contributed by atoms with E-state index in [4.69, 9.17) is 9.78 Å². The number of nitrogens with zero attached hydrogens (tertiary/aromatic N) is 1. The van der Waals surface area contributed by atoms with Gasteiger partial charge in [0.15, 0.2) is 6.73 Å². The van der Waals surface area contributed by atoms with Gasteiger partial charge in [-0.1, -0.05) is 6.58 Å². The third kappa shape index (κ3) is 5.88. The quantitative estimate of drug-likeness (QED) is 0.322. The predicted octanol–water partition coefficient (Wildman–Crippen LogP) is 2.50.